The number of rotatable bonds is 6. The molecule has 1 aliphatic carbocycles. The van der Waals surface area contributed by atoms with Gasteiger partial charge in [0.15, 0.2) is 0 Å². The molecule has 0 fully saturated rings. The third-order valence-corrected chi connectivity index (χ3v) is 3.84. The van der Waals surface area contributed by atoms with Gasteiger partial charge in [0.05, 0.1) is 18.8 Å². The average molecular weight is 308 g/mol. The van der Waals surface area contributed by atoms with Crippen molar-refractivity contribution in [2.75, 3.05) is 6.61 Å². The number of hydrogen-bond acceptors (Lipinski definition) is 3. The van der Waals surface area contributed by atoms with Crippen LogP contribution in [0.15, 0.2) is 72.8 Å². The lowest BCUT2D eigenvalue weighted by Crippen LogP contribution is -2.16. The second-order valence-corrected chi connectivity index (χ2v) is 5.69. The molecule has 2 atom stereocenters. The second-order valence-electron chi connectivity index (χ2n) is 5.69. The minimum Gasteiger partial charge on any atom is -0.455 e. The van der Waals surface area contributed by atoms with Crippen LogP contribution in [0.2, 0.25) is 0 Å². The Hall–Kier alpha value is -2.39. The average Bonchev–Trinajstić information content (AvgIpc) is 3.04. The van der Waals surface area contributed by atoms with Gasteiger partial charge in [0.25, 0.3) is 0 Å². The Bertz CT molecular complexity index is 649. The lowest BCUT2D eigenvalue weighted by atomic mass is 10.1. The second kappa shape index (κ2) is 7.75. The fourth-order valence-corrected chi connectivity index (χ4v) is 2.63. The maximum absolute atomic E-state index is 12.0. The van der Waals surface area contributed by atoms with Crippen LogP contribution >= 0.6 is 0 Å². The Kier molecular flexibility index (Phi) is 5.22. The summed E-state index contributed by atoms with van der Waals surface area (Å²) < 4.78 is 11.3. The van der Waals surface area contributed by atoms with Gasteiger partial charge in [-0.1, -0.05) is 54.6 Å². The molecule has 23 heavy (non-hydrogen) atoms. The molecular formula is C20H20O3. The van der Waals surface area contributed by atoms with E-state index >= 15 is 0 Å². The van der Waals surface area contributed by atoms with E-state index in [4.69, 9.17) is 9.47 Å². The van der Waals surface area contributed by atoms with Crippen LogP contribution in [-0.4, -0.2) is 18.7 Å². The normalized spacial score (nSPS) is 19.7. The Morgan fingerprint density at radius 3 is 2.39 bits per heavy atom. The van der Waals surface area contributed by atoms with Crippen molar-refractivity contribution in [3.63, 3.8) is 0 Å². The van der Waals surface area contributed by atoms with Crippen molar-refractivity contribution in [3.8, 4) is 0 Å². The molecule has 1 aliphatic rings. The lowest BCUT2D eigenvalue weighted by Gasteiger charge is -2.13. The molecule has 0 bridgehead atoms. The van der Waals surface area contributed by atoms with E-state index in [1.807, 2.05) is 42.5 Å². The lowest BCUT2D eigenvalue weighted by molar-refractivity contribution is 0.0341. The number of carbonyl (C=O) groups excluding carboxylic acids is 1. The maximum atomic E-state index is 12.0. The highest BCUT2D eigenvalue weighted by Crippen LogP contribution is 2.22. The molecular weight excluding hydrogens is 288 g/mol. The van der Waals surface area contributed by atoms with Gasteiger partial charge < -0.3 is 9.47 Å². The summed E-state index contributed by atoms with van der Waals surface area (Å²) in [5.41, 5.74) is 1.76. The first-order valence-corrected chi connectivity index (χ1v) is 7.87. The quantitative estimate of drug-likeness (QED) is 0.597. The van der Waals surface area contributed by atoms with Crippen LogP contribution in [0.3, 0.4) is 0 Å². The van der Waals surface area contributed by atoms with E-state index in [1.54, 1.807) is 12.1 Å². The molecule has 0 saturated carbocycles. The monoisotopic (exact) mass is 308 g/mol. The van der Waals surface area contributed by atoms with Crippen LogP contribution in [0, 0.1) is 5.92 Å². The maximum Gasteiger partial charge on any atom is 0.338 e. The highest BCUT2D eigenvalue weighted by Gasteiger charge is 2.22. The molecule has 0 aliphatic heterocycles. The van der Waals surface area contributed by atoms with Gasteiger partial charge in [0.1, 0.15) is 6.10 Å². The number of carbonyl (C=O) groups is 1. The number of benzene rings is 2. The predicted molar refractivity (Wildman–Crippen MR) is 89.0 cm³/mol. The van der Waals surface area contributed by atoms with Crippen LogP contribution in [0.1, 0.15) is 22.3 Å². The molecule has 0 heterocycles. The molecule has 0 amide bonds. The summed E-state index contributed by atoms with van der Waals surface area (Å²) in [6.45, 7) is 1.25. The van der Waals surface area contributed by atoms with E-state index in [0.29, 0.717) is 24.7 Å². The van der Waals surface area contributed by atoms with Crippen LogP contribution < -0.4 is 0 Å². The van der Waals surface area contributed by atoms with Gasteiger partial charge in [0, 0.05) is 5.92 Å². The highest BCUT2D eigenvalue weighted by molar-refractivity contribution is 5.89. The van der Waals surface area contributed by atoms with Crippen LogP contribution in [0.25, 0.3) is 0 Å². The van der Waals surface area contributed by atoms with Gasteiger partial charge in [-0.2, -0.15) is 0 Å². The van der Waals surface area contributed by atoms with Gasteiger partial charge in [0.2, 0.25) is 0 Å². The molecule has 0 unspecified atom stereocenters. The molecule has 0 radical (unpaired) electrons. The van der Waals surface area contributed by atoms with Crippen molar-refractivity contribution in [2.24, 2.45) is 5.92 Å². The Balaban J connectivity index is 1.41. The summed E-state index contributed by atoms with van der Waals surface area (Å²) in [4.78, 5) is 12.0. The minimum absolute atomic E-state index is 0.159. The molecule has 0 N–H and O–H groups in total. The van der Waals surface area contributed by atoms with Crippen LogP contribution in [-0.2, 0) is 16.1 Å². The van der Waals surface area contributed by atoms with Crippen molar-refractivity contribution in [1.29, 1.82) is 0 Å². The van der Waals surface area contributed by atoms with Gasteiger partial charge in [-0.3, -0.25) is 0 Å². The topological polar surface area (TPSA) is 35.5 Å². The highest BCUT2D eigenvalue weighted by atomic mass is 16.5. The first-order valence-electron chi connectivity index (χ1n) is 7.87. The Labute approximate surface area is 136 Å². The summed E-state index contributed by atoms with van der Waals surface area (Å²) in [5.74, 6) is 0.0263. The van der Waals surface area contributed by atoms with Crippen LogP contribution in [0.4, 0.5) is 0 Å². The van der Waals surface area contributed by atoms with Crippen LogP contribution in [0.5, 0.6) is 0 Å². The van der Waals surface area contributed by atoms with Crippen molar-refractivity contribution in [1.82, 2.24) is 0 Å². The summed E-state index contributed by atoms with van der Waals surface area (Å²) >= 11 is 0. The number of ether oxygens (including phenoxy) is 2. The summed E-state index contributed by atoms with van der Waals surface area (Å²) in [6.07, 6.45) is 4.66. The molecule has 118 valence electrons. The zero-order valence-corrected chi connectivity index (χ0v) is 12.9. The molecule has 0 saturated heterocycles. The van der Waals surface area contributed by atoms with Crippen molar-refractivity contribution >= 4 is 5.97 Å². The molecule has 2 aromatic carbocycles. The summed E-state index contributed by atoms with van der Waals surface area (Å²) in [7, 11) is 0. The standard InChI is InChI=1S/C20H20O3/c21-20(18-9-5-2-6-10-18)23-19-12-11-17(13-19)15-22-14-16-7-3-1-4-8-16/h1-12,17,19H,13-15H2/t17-,19-/m0/s1. The van der Waals surface area contributed by atoms with Gasteiger partial charge >= 0.3 is 5.97 Å². The molecule has 0 aromatic heterocycles. The van der Waals surface area contributed by atoms with Gasteiger partial charge in [-0.15, -0.1) is 0 Å². The van der Waals surface area contributed by atoms with Gasteiger partial charge in [-0.25, -0.2) is 4.79 Å². The zero-order valence-electron chi connectivity index (χ0n) is 12.9. The Morgan fingerprint density at radius 2 is 1.65 bits per heavy atom. The fourth-order valence-electron chi connectivity index (χ4n) is 2.63. The first-order chi connectivity index (χ1) is 11.3. The first kappa shape index (κ1) is 15.5. The molecule has 0 spiro atoms. The predicted octanol–water partition coefficient (Wildman–Crippen LogP) is 4.00. The summed E-state index contributed by atoms with van der Waals surface area (Å²) in [5, 5.41) is 0. The van der Waals surface area contributed by atoms with Crippen molar-refractivity contribution in [3.05, 3.63) is 83.9 Å². The summed E-state index contributed by atoms with van der Waals surface area (Å²) in [6, 6.07) is 19.2. The molecule has 3 rings (SSSR count). The third-order valence-electron chi connectivity index (χ3n) is 3.84. The number of esters is 1. The smallest absolute Gasteiger partial charge is 0.338 e. The van der Waals surface area contributed by atoms with E-state index in [-0.39, 0.29) is 12.1 Å². The van der Waals surface area contributed by atoms with Gasteiger partial charge in [-0.05, 0) is 30.2 Å². The zero-order chi connectivity index (χ0) is 15.9. The van der Waals surface area contributed by atoms with E-state index < -0.39 is 0 Å². The molecule has 3 nitrogen and oxygen atoms in total. The van der Waals surface area contributed by atoms with Crippen molar-refractivity contribution in [2.45, 2.75) is 19.1 Å². The fraction of sp³-hybridized carbons (Fsp3) is 0.250. The van der Waals surface area contributed by atoms with E-state index in [0.717, 1.165) is 6.42 Å². The third kappa shape index (κ3) is 4.54. The van der Waals surface area contributed by atoms with E-state index in [2.05, 4.69) is 18.2 Å². The molecule has 3 heteroatoms. The number of hydrogen-bond donors (Lipinski definition) is 0. The largest absolute Gasteiger partial charge is 0.455 e. The molecule has 2 aromatic rings. The van der Waals surface area contributed by atoms with E-state index in [9.17, 15) is 4.79 Å². The SMILES string of the molecule is O=C(O[C@H]1C=C[C@H](COCc2ccccc2)C1)c1ccccc1. The Morgan fingerprint density at radius 1 is 0.957 bits per heavy atom. The van der Waals surface area contributed by atoms with E-state index in [1.165, 1.54) is 5.56 Å². The van der Waals surface area contributed by atoms with Crippen molar-refractivity contribution < 1.29 is 14.3 Å². The minimum atomic E-state index is -0.272.